The van der Waals surface area contributed by atoms with Gasteiger partial charge >= 0.3 is 0 Å². The second-order valence-corrected chi connectivity index (χ2v) is 7.18. The molecule has 6 heteroatoms. The quantitative estimate of drug-likeness (QED) is 0.879. The number of aromatic nitrogens is 2. The van der Waals surface area contributed by atoms with E-state index < -0.39 is 0 Å². The summed E-state index contributed by atoms with van der Waals surface area (Å²) in [6.45, 7) is 4.38. The molecule has 2 aliphatic heterocycles. The van der Waals surface area contributed by atoms with E-state index in [0.29, 0.717) is 22.5 Å². The molecule has 3 heterocycles. The number of phenols is 1. The van der Waals surface area contributed by atoms with Crippen molar-refractivity contribution in [3.8, 4) is 17.0 Å². The number of benzene rings is 1. The fraction of sp³-hybridized carbons (Fsp3) is 0.444. The third-order valence-electron chi connectivity index (χ3n) is 5.36. The van der Waals surface area contributed by atoms with Gasteiger partial charge in [0.2, 0.25) is 0 Å². The Labute approximate surface area is 141 Å². The van der Waals surface area contributed by atoms with Gasteiger partial charge in [-0.3, -0.25) is 0 Å². The van der Waals surface area contributed by atoms with Crippen molar-refractivity contribution in [2.45, 2.75) is 12.8 Å². The van der Waals surface area contributed by atoms with Gasteiger partial charge in [0.25, 0.3) is 0 Å². The van der Waals surface area contributed by atoms with Gasteiger partial charge in [-0.15, -0.1) is 10.2 Å². The first-order valence-corrected chi connectivity index (χ1v) is 8.41. The maximum absolute atomic E-state index is 10.1. The highest BCUT2D eigenvalue weighted by Crippen LogP contribution is 2.41. The Kier molecular flexibility index (Phi) is 3.57. The van der Waals surface area contributed by atoms with Gasteiger partial charge in [0.05, 0.1) is 11.4 Å². The molecule has 0 saturated carbocycles. The van der Waals surface area contributed by atoms with Crippen LogP contribution in [0.5, 0.6) is 5.75 Å². The molecule has 4 rings (SSSR count). The lowest BCUT2D eigenvalue weighted by atomic mass is 9.72. The smallest absolute Gasteiger partial charge is 0.169 e. The van der Waals surface area contributed by atoms with Crippen molar-refractivity contribution < 1.29 is 5.11 Å². The molecule has 2 fully saturated rings. The molecule has 2 aromatic rings. The Morgan fingerprint density at radius 3 is 2.50 bits per heavy atom. The van der Waals surface area contributed by atoms with Crippen LogP contribution in [0.15, 0.2) is 30.3 Å². The van der Waals surface area contributed by atoms with Gasteiger partial charge in [0, 0.05) is 31.7 Å². The lowest BCUT2D eigenvalue weighted by molar-refractivity contribution is 0.00133. The number of rotatable bonds is 2. The van der Waals surface area contributed by atoms with E-state index in [2.05, 4.69) is 27.0 Å². The lowest BCUT2D eigenvalue weighted by Crippen LogP contribution is -2.58. The van der Waals surface area contributed by atoms with Gasteiger partial charge in [0.15, 0.2) is 5.82 Å². The lowest BCUT2D eigenvalue weighted by Gasteiger charge is -2.53. The molecule has 3 N–H and O–H groups in total. The number of para-hydroxylation sites is 1. The summed E-state index contributed by atoms with van der Waals surface area (Å²) in [4.78, 5) is 4.69. The van der Waals surface area contributed by atoms with Crippen molar-refractivity contribution in [3.63, 3.8) is 0 Å². The molecule has 0 amide bonds. The minimum Gasteiger partial charge on any atom is -0.507 e. The SMILES string of the molecule is CN1CC2(CCN(c3cc(-c4ccccc4O)nnc3N)CC2)C1. The normalized spacial score (nSPS) is 20.1. The van der Waals surface area contributed by atoms with Crippen molar-refractivity contribution >= 4 is 11.5 Å². The van der Waals surface area contributed by atoms with Crippen LogP contribution < -0.4 is 10.6 Å². The predicted molar refractivity (Wildman–Crippen MR) is 94.9 cm³/mol. The summed E-state index contributed by atoms with van der Waals surface area (Å²) >= 11 is 0. The van der Waals surface area contributed by atoms with Crippen LogP contribution in [0.25, 0.3) is 11.3 Å². The molecule has 24 heavy (non-hydrogen) atoms. The first-order chi connectivity index (χ1) is 11.6. The Morgan fingerprint density at radius 1 is 1.12 bits per heavy atom. The molecule has 6 nitrogen and oxygen atoms in total. The zero-order chi connectivity index (χ0) is 16.7. The van der Waals surface area contributed by atoms with Gasteiger partial charge in [-0.2, -0.15) is 0 Å². The molecule has 2 saturated heterocycles. The second kappa shape index (κ2) is 5.63. The van der Waals surface area contributed by atoms with Gasteiger partial charge in [-0.25, -0.2) is 0 Å². The van der Waals surface area contributed by atoms with Gasteiger partial charge in [-0.05, 0) is 43.5 Å². The van der Waals surface area contributed by atoms with Crippen molar-refractivity contribution in [2.75, 3.05) is 43.9 Å². The summed E-state index contributed by atoms with van der Waals surface area (Å²) in [5, 5.41) is 18.3. The highest BCUT2D eigenvalue weighted by Gasteiger charge is 2.43. The van der Waals surface area contributed by atoms with E-state index in [4.69, 9.17) is 5.73 Å². The van der Waals surface area contributed by atoms with Crippen LogP contribution in [0.1, 0.15) is 12.8 Å². The minimum atomic E-state index is 0.206. The number of nitrogens with two attached hydrogens (primary N) is 1. The molecular formula is C18H23N5O. The maximum Gasteiger partial charge on any atom is 0.169 e. The average molecular weight is 325 g/mol. The summed E-state index contributed by atoms with van der Waals surface area (Å²) in [6.07, 6.45) is 2.37. The molecule has 0 radical (unpaired) electrons. The standard InChI is InChI=1S/C18H23N5O/c1-22-11-18(12-22)6-8-23(9-7-18)15-10-14(20-21-17(15)19)13-4-2-3-5-16(13)24/h2-5,10,24H,6-9,11-12H2,1H3,(H2,19,21). The average Bonchev–Trinajstić information content (AvgIpc) is 2.56. The van der Waals surface area contributed by atoms with E-state index in [1.807, 2.05) is 18.2 Å². The van der Waals surface area contributed by atoms with E-state index in [0.717, 1.165) is 18.8 Å². The highest BCUT2D eigenvalue weighted by atomic mass is 16.3. The molecule has 1 aromatic heterocycles. The van der Waals surface area contributed by atoms with E-state index in [1.165, 1.54) is 25.9 Å². The number of anilines is 2. The van der Waals surface area contributed by atoms with Crippen LogP contribution in [-0.2, 0) is 0 Å². The van der Waals surface area contributed by atoms with Gasteiger partial charge < -0.3 is 20.6 Å². The Bertz CT molecular complexity index is 747. The number of hydrogen-bond acceptors (Lipinski definition) is 6. The number of phenolic OH excluding ortho intramolecular Hbond substituents is 1. The fourth-order valence-electron chi connectivity index (χ4n) is 4.10. The molecule has 0 atom stereocenters. The highest BCUT2D eigenvalue weighted by molar-refractivity contribution is 5.74. The fourth-order valence-corrected chi connectivity index (χ4v) is 4.10. The summed E-state index contributed by atoms with van der Waals surface area (Å²) in [6, 6.07) is 9.12. The van der Waals surface area contributed by atoms with Crippen LogP contribution in [0.3, 0.4) is 0 Å². The molecule has 0 unspecified atom stereocenters. The molecule has 1 aromatic carbocycles. The molecular weight excluding hydrogens is 302 g/mol. The predicted octanol–water partition coefficient (Wildman–Crippen LogP) is 1.96. The van der Waals surface area contributed by atoms with Crippen molar-refractivity contribution in [2.24, 2.45) is 5.41 Å². The Balaban J connectivity index is 1.58. The Hall–Kier alpha value is -2.34. The molecule has 1 spiro atoms. The second-order valence-electron chi connectivity index (χ2n) is 7.18. The van der Waals surface area contributed by atoms with Gasteiger partial charge in [0.1, 0.15) is 5.75 Å². The van der Waals surface area contributed by atoms with E-state index in [9.17, 15) is 5.11 Å². The van der Waals surface area contributed by atoms with E-state index >= 15 is 0 Å². The third kappa shape index (κ3) is 2.57. The zero-order valence-electron chi connectivity index (χ0n) is 13.9. The first-order valence-electron chi connectivity index (χ1n) is 8.41. The molecule has 2 aliphatic rings. The number of aromatic hydroxyl groups is 1. The van der Waals surface area contributed by atoms with E-state index in [-0.39, 0.29) is 5.75 Å². The van der Waals surface area contributed by atoms with Crippen LogP contribution in [0, 0.1) is 5.41 Å². The maximum atomic E-state index is 10.1. The summed E-state index contributed by atoms with van der Waals surface area (Å²) in [7, 11) is 2.18. The van der Waals surface area contributed by atoms with Crippen molar-refractivity contribution in [1.29, 1.82) is 0 Å². The number of nitrogens with zero attached hydrogens (tertiary/aromatic N) is 4. The molecule has 126 valence electrons. The monoisotopic (exact) mass is 325 g/mol. The molecule has 0 bridgehead atoms. The van der Waals surface area contributed by atoms with Gasteiger partial charge in [-0.1, -0.05) is 12.1 Å². The molecule has 0 aliphatic carbocycles. The summed E-state index contributed by atoms with van der Waals surface area (Å²) < 4.78 is 0. The zero-order valence-corrected chi connectivity index (χ0v) is 13.9. The number of hydrogen-bond donors (Lipinski definition) is 2. The number of nitrogen functional groups attached to an aromatic ring is 1. The minimum absolute atomic E-state index is 0.206. The first kappa shape index (κ1) is 15.2. The Morgan fingerprint density at radius 2 is 1.83 bits per heavy atom. The summed E-state index contributed by atoms with van der Waals surface area (Å²) in [5.41, 5.74) is 8.84. The largest absolute Gasteiger partial charge is 0.507 e. The van der Waals surface area contributed by atoms with Crippen molar-refractivity contribution in [3.05, 3.63) is 30.3 Å². The topological polar surface area (TPSA) is 78.5 Å². The van der Waals surface area contributed by atoms with Crippen LogP contribution >= 0.6 is 0 Å². The van der Waals surface area contributed by atoms with Crippen LogP contribution in [-0.4, -0.2) is 53.4 Å². The van der Waals surface area contributed by atoms with Crippen LogP contribution in [0.4, 0.5) is 11.5 Å². The number of likely N-dealkylation sites (tertiary alicyclic amines) is 1. The number of piperidine rings is 1. The van der Waals surface area contributed by atoms with Crippen LogP contribution in [0.2, 0.25) is 0 Å². The summed E-state index contributed by atoms with van der Waals surface area (Å²) in [5.74, 6) is 0.661. The third-order valence-corrected chi connectivity index (χ3v) is 5.36. The van der Waals surface area contributed by atoms with Crippen molar-refractivity contribution in [1.82, 2.24) is 15.1 Å². The van der Waals surface area contributed by atoms with E-state index in [1.54, 1.807) is 12.1 Å².